The van der Waals surface area contributed by atoms with E-state index in [0.29, 0.717) is 17.0 Å². The van der Waals surface area contributed by atoms with E-state index in [0.717, 1.165) is 36.4 Å². The van der Waals surface area contributed by atoms with E-state index in [1.165, 1.54) is 18.2 Å². The molecule has 1 aliphatic rings. The van der Waals surface area contributed by atoms with Crippen LogP contribution in [0.25, 0.3) is 6.08 Å². The third-order valence-electron chi connectivity index (χ3n) is 5.39. The van der Waals surface area contributed by atoms with Gasteiger partial charge in [-0.05, 0) is 64.0 Å². The Kier molecular flexibility index (Phi) is 7.37. The Morgan fingerprint density at radius 2 is 1.55 bits per heavy atom. The van der Waals surface area contributed by atoms with Crippen LogP contribution in [-0.2, 0) is 15.8 Å². The summed E-state index contributed by atoms with van der Waals surface area (Å²) in [5, 5.41) is 24.2. The lowest BCUT2D eigenvalue weighted by atomic mass is 10.1. The number of anilines is 1. The minimum absolute atomic E-state index is 0.0328. The molecule has 1 heterocycles. The SMILES string of the molecule is O=C1NC(=O)N(c2ccc([N+](=O)[O-])cc2)C(=O)/C1=C/c1ccc(Oc2ccc(C(F)(F)F)cc2[N+](=O)[O-])c(Br)c1. The highest BCUT2D eigenvalue weighted by Crippen LogP contribution is 2.39. The summed E-state index contributed by atoms with van der Waals surface area (Å²) in [7, 11) is 0. The summed E-state index contributed by atoms with van der Waals surface area (Å²) in [4.78, 5) is 58.9. The fourth-order valence-electron chi connectivity index (χ4n) is 3.51. The van der Waals surface area contributed by atoms with Crippen molar-refractivity contribution in [3.05, 3.63) is 102 Å². The summed E-state index contributed by atoms with van der Waals surface area (Å²) in [6.07, 6.45) is -3.67. The van der Waals surface area contributed by atoms with Crippen molar-refractivity contribution < 1.29 is 42.1 Å². The molecule has 12 nitrogen and oxygen atoms in total. The molecule has 204 valence electrons. The summed E-state index contributed by atoms with van der Waals surface area (Å²) in [6, 6.07) is 9.15. The Hall–Kier alpha value is -5.12. The third kappa shape index (κ3) is 5.65. The van der Waals surface area contributed by atoms with Crippen LogP contribution in [0.4, 0.5) is 35.0 Å². The number of alkyl halides is 3. The lowest BCUT2D eigenvalue weighted by molar-refractivity contribution is -0.385. The van der Waals surface area contributed by atoms with Gasteiger partial charge in [0.15, 0.2) is 0 Å². The number of amides is 4. The van der Waals surface area contributed by atoms with Gasteiger partial charge in [-0.1, -0.05) is 6.07 Å². The topological polar surface area (TPSA) is 162 Å². The van der Waals surface area contributed by atoms with Gasteiger partial charge in [0.05, 0.1) is 25.6 Å². The number of nitrogens with one attached hydrogen (secondary N) is 1. The number of urea groups is 1. The van der Waals surface area contributed by atoms with Crippen LogP contribution in [-0.4, -0.2) is 27.7 Å². The summed E-state index contributed by atoms with van der Waals surface area (Å²) in [5.74, 6) is -2.53. The van der Waals surface area contributed by atoms with Crippen LogP contribution in [0.1, 0.15) is 11.1 Å². The second-order valence-corrected chi connectivity index (χ2v) is 8.81. The number of carbonyl (C=O) groups is 3. The molecule has 1 saturated heterocycles. The molecule has 0 spiro atoms. The van der Waals surface area contributed by atoms with E-state index >= 15 is 0 Å². The molecule has 0 saturated carbocycles. The molecular formula is C24H12BrF3N4O8. The average Bonchev–Trinajstić information content (AvgIpc) is 2.87. The summed E-state index contributed by atoms with van der Waals surface area (Å²) < 4.78 is 44.5. The normalized spacial score (nSPS) is 14.8. The number of rotatable bonds is 6. The predicted molar refractivity (Wildman–Crippen MR) is 134 cm³/mol. The van der Waals surface area contributed by atoms with Crippen molar-refractivity contribution in [1.29, 1.82) is 0 Å². The maximum atomic E-state index is 13.0. The zero-order valence-corrected chi connectivity index (χ0v) is 21.1. The lowest BCUT2D eigenvalue weighted by Gasteiger charge is -2.26. The first-order valence-electron chi connectivity index (χ1n) is 10.7. The van der Waals surface area contributed by atoms with E-state index < -0.39 is 56.4 Å². The molecular weight excluding hydrogens is 609 g/mol. The van der Waals surface area contributed by atoms with Crippen molar-refractivity contribution in [2.45, 2.75) is 6.18 Å². The van der Waals surface area contributed by atoms with Gasteiger partial charge in [0, 0.05) is 18.2 Å². The molecule has 3 aromatic carbocycles. The van der Waals surface area contributed by atoms with Crippen molar-refractivity contribution in [3.8, 4) is 11.5 Å². The highest BCUT2D eigenvalue weighted by atomic mass is 79.9. The molecule has 0 atom stereocenters. The maximum absolute atomic E-state index is 13.0. The molecule has 4 amide bonds. The quantitative estimate of drug-likeness (QED) is 0.158. The first kappa shape index (κ1) is 27.9. The third-order valence-corrected chi connectivity index (χ3v) is 6.01. The standard InChI is InChI=1S/C24H12BrF3N4O8/c25-17-10-12(1-7-19(17)40-20-8-2-13(24(26,27)28)11-18(20)32(38)39)9-16-21(33)29-23(35)30(22(16)34)14-3-5-15(6-4-14)31(36)37/h1-11H,(H,29,33,35)/b16-9+. The molecule has 40 heavy (non-hydrogen) atoms. The van der Waals surface area contributed by atoms with Crippen LogP contribution in [0.5, 0.6) is 11.5 Å². The first-order valence-corrected chi connectivity index (χ1v) is 11.5. The minimum atomic E-state index is -4.81. The van der Waals surface area contributed by atoms with E-state index in [1.807, 2.05) is 5.32 Å². The van der Waals surface area contributed by atoms with Crippen molar-refractivity contribution >= 4 is 56.9 Å². The van der Waals surface area contributed by atoms with Gasteiger partial charge in [-0.15, -0.1) is 0 Å². The van der Waals surface area contributed by atoms with E-state index in [9.17, 15) is 47.8 Å². The predicted octanol–water partition coefficient (Wildman–Crippen LogP) is 5.74. The maximum Gasteiger partial charge on any atom is 0.416 e. The highest BCUT2D eigenvalue weighted by Gasteiger charge is 2.37. The molecule has 0 radical (unpaired) electrons. The Bertz CT molecular complexity index is 1620. The molecule has 0 unspecified atom stereocenters. The number of nitro benzene ring substituents is 2. The van der Waals surface area contributed by atoms with Crippen LogP contribution < -0.4 is 15.0 Å². The van der Waals surface area contributed by atoms with E-state index in [-0.39, 0.29) is 27.2 Å². The number of nitrogens with zero attached hydrogens (tertiary/aromatic N) is 3. The first-order chi connectivity index (χ1) is 18.8. The molecule has 0 bridgehead atoms. The van der Waals surface area contributed by atoms with Crippen molar-refractivity contribution in [3.63, 3.8) is 0 Å². The molecule has 4 rings (SSSR count). The molecule has 1 fully saturated rings. The van der Waals surface area contributed by atoms with Crippen molar-refractivity contribution in [1.82, 2.24) is 5.32 Å². The average molecular weight is 621 g/mol. The number of hydrogen-bond acceptors (Lipinski definition) is 8. The van der Waals surface area contributed by atoms with Gasteiger partial charge >= 0.3 is 17.9 Å². The molecule has 0 aromatic heterocycles. The minimum Gasteiger partial charge on any atom is -0.449 e. The zero-order valence-electron chi connectivity index (χ0n) is 19.5. The summed E-state index contributed by atoms with van der Waals surface area (Å²) in [5.41, 5.74) is -2.70. The number of benzene rings is 3. The Balaban J connectivity index is 1.62. The van der Waals surface area contributed by atoms with E-state index in [4.69, 9.17) is 4.74 Å². The largest absolute Gasteiger partial charge is 0.449 e. The Morgan fingerprint density at radius 1 is 0.900 bits per heavy atom. The van der Waals surface area contributed by atoms with E-state index in [1.54, 1.807) is 0 Å². The Labute approximate surface area is 229 Å². The zero-order chi connectivity index (χ0) is 29.4. The monoisotopic (exact) mass is 620 g/mol. The van der Waals surface area contributed by atoms with Crippen LogP contribution in [0.15, 0.2) is 70.7 Å². The van der Waals surface area contributed by atoms with Gasteiger partial charge in [-0.2, -0.15) is 13.2 Å². The molecule has 3 aromatic rings. The summed E-state index contributed by atoms with van der Waals surface area (Å²) >= 11 is 3.17. The summed E-state index contributed by atoms with van der Waals surface area (Å²) in [6.45, 7) is 0. The van der Waals surface area contributed by atoms with Crippen molar-refractivity contribution in [2.75, 3.05) is 4.90 Å². The molecule has 1 N–H and O–H groups in total. The van der Waals surface area contributed by atoms with Crippen molar-refractivity contribution in [2.24, 2.45) is 0 Å². The molecule has 1 aliphatic heterocycles. The molecule has 0 aliphatic carbocycles. The van der Waals surface area contributed by atoms with Crippen LogP contribution in [0.3, 0.4) is 0 Å². The number of carbonyl (C=O) groups excluding carboxylic acids is 3. The van der Waals surface area contributed by atoms with Gasteiger partial charge < -0.3 is 4.74 Å². The van der Waals surface area contributed by atoms with Gasteiger partial charge in [0.2, 0.25) is 5.75 Å². The number of nitro groups is 2. The van der Waals surface area contributed by atoms with E-state index in [2.05, 4.69) is 15.9 Å². The van der Waals surface area contributed by atoms with Gasteiger partial charge in [-0.25, -0.2) is 9.69 Å². The number of barbiturate groups is 1. The highest BCUT2D eigenvalue weighted by molar-refractivity contribution is 9.10. The van der Waals surface area contributed by atoms with Gasteiger partial charge in [0.25, 0.3) is 17.5 Å². The second kappa shape index (κ2) is 10.6. The molecule has 16 heteroatoms. The Morgan fingerprint density at radius 3 is 2.12 bits per heavy atom. The van der Waals surface area contributed by atoms with Gasteiger partial charge in [0.1, 0.15) is 11.3 Å². The number of ether oxygens (including phenoxy) is 1. The van der Waals surface area contributed by atoms with Gasteiger partial charge in [-0.3, -0.25) is 35.1 Å². The number of halogens is 4. The lowest BCUT2D eigenvalue weighted by Crippen LogP contribution is -2.54. The number of non-ortho nitro benzene ring substituents is 1. The smallest absolute Gasteiger partial charge is 0.416 e. The van der Waals surface area contributed by atoms with Crippen LogP contribution in [0.2, 0.25) is 0 Å². The van der Waals surface area contributed by atoms with Crippen LogP contribution >= 0.6 is 15.9 Å². The fraction of sp³-hybridized carbons (Fsp3) is 0.0417. The number of imide groups is 2. The second-order valence-electron chi connectivity index (χ2n) is 7.96. The number of hydrogen-bond donors (Lipinski definition) is 1. The van der Waals surface area contributed by atoms with Crippen LogP contribution in [0, 0.1) is 20.2 Å². The fourth-order valence-corrected chi connectivity index (χ4v) is 3.99.